The minimum absolute atomic E-state index is 0.0673. The molecule has 0 bridgehead atoms. The van der Waals surface area contributed by atoms with Crippen molar-refractivity contribution in [2.24, 2.45) is 5.41 Å². The van der Waals surface area contributed by atoms with Crippen LogP contribution in [0.25, 0.3) is 5.57 Å². The van der Waals surface area contributed by atoms with E-state index in [9.17, 15) is 10.2 Å². The van der Waals surface area contributed by atoms with Crippen molar-refractivity contribution in [1.82, 2.24) is 0 Å². The molecule has 0 aliphatic heterocycles. The molecular formula is C21H30O2Si. The zero-order valence-electron chi connectivity index (χ0n) is 15.4. The molecule has 2 nitrogen and oxygen atoms in total. The molecule has 24 heavy (non-hydrogen) atoms. The van der Waals surface area contributed by atoms with E-state index in [1.807, 2.05) is 0 Å². The zero-order valence-corrected chi connectivity index (χ0v) is 16.4. The molecule has 0 heterocycles. The lowest BCUT2D eigenvalue weighted by atomic mass is 9.71. The highest BCUT2D eigenvalue weighted by atomic mass is 28.3. The Hall–Kier alpha value is -1.16. The average molecular weight is 343 g/mol. The summed E-state index contributed by atoms with van der Waals surface area (Å²) in [6, 6.07) is 10.7. The molecule has 1 fully saturated rings. The standard InChI is InChI=1S/C21H30O2Si/c1-21-13-16(23)12-18(21)17(10-11-22)20(15-8-6-5-7-9-15)19(14-21)24(2,3)4/h5-9,16,22-23H,10-14H2,1-4H3/t16-,21+/m1/s1. The third kappa shape index (κ3) is 3.05. The third-order valence-corrected chi connectivity index (χ3v) is 7.96. The fourth-order valence-electron chi connectivity index (χ4n) is 4.66. The molecule has 0 radical (unpaired) electrons. The van der Waals surface area contributed by atoms with Crippen LogP contribution < -0.4 is 0 Å². The van der Waals surface area contributed by atoms with Gasteiger partial charge in [0.15, 0.2) is 0 Å². The first-order chi connectivity index (χ1) is 11.3. The molecule has 0 aromatic heterocycles. The van der Waals surface area contributed by atoms with Gasteiger partial charge in [0.1, 0.15) is 0 Å². The van der Waals surface area contributed by atoms with Gasteiger partial charge in [0, 0.05) is 6.61 Å². The molecule has 2 aliphatic rings. The van der Waals surface area contributed by atoms with Crippen molar-refractivity contribution < 1.29 is 10.2 Å². The number of aliphatic hydroxyl groups is 2. The maximum Gasteiger partial charge on any atom is 0.0733 e. The number of fused-ring (bicyclic) bond motifs is 1. The maximum atomic E-state index is 10.4. The normalized spacial score (nSPS) is 27.7. The Morgan fingerprint density at radius 1 is 1.17 bits per heavy atom. The molecule has 3 heteroatoms. The Kier molecular flexibility index (Phi) is 4.62. The van der Waals surface area contributed by atoms with Crippen LogP contribution in [0.5, 0.6) is 0 Å². The number of hydrogen-bond donors (Lipinski definition) is 2. The van der Waals surface area contributed by atoms with Crippen molar-refractivity contribution in [3.8, 4) is 0 Å². The van der Waals surface area contributed by atoms with Crippen molar-refractivity contribution in [3.63, 3.8) is 0 Å². The molecule has 2 atom stereocenters. The highest BCUT2D eigenvalue weighted by molar-refractivity contribution is 6.84. The Morgan fingerprint density at radius 3 is 2.42 bits per heavy atom. The number of hydrogen-bond acceptors (Lipinski definition) is 2. The zero-order chi connectivity index (χ0) is 17.5. The SMILES string of the molecule is C[C@]12CC([Si](C)(C)C)=C(c3ccccc3)C(CCO)=C1C[C@@H](O)C2. The number of aliphatic hydroxyl groups excluding tert-OH is 2. The molecule has 0 unspecified atom stereocenters. The second-order valence-electron chi connectivity index (χ2n) is 8.70. The number of rotatable bonds is 4. The molecular weight excluding hydrogens is 312 g/mol. The largest absolute Gasteiger partial charge is 0.396 e. The van der Waals surface area contributed by atoms with E-state index in [-0.39, 0.29) is 18.1 Å². The Balaban J connectivity index is 2.27. The smallest absolute Gasteiger partial charge is 0.0733 e. The minimum Gasteiger partial charge on any atom is -0.396 e. The molecule has 130 valence electrons. The summed E-state index contributed by atoms with van der Waals surface area (Å²) in [5, 5.41) is 21.7. The van der Waals surface area contributed by atoms with Gasteiger partial charge in [-0.2, -0.15) is 0 Å². The fraction of sp³-hybridized carbons (Fsp3) is 0.524. The summed E-state index contributed by atoms with van der Waals surface area (Å²) < 4.78 is 0. The van der Waals surface area contributed by atoms with Gasteiger partial charge in [-0.3, -0.25) is 0 Å². The predicted octanol–water partition coefficient (Wildman–Crippen LogP) is 4.56. The molecule has 0 amide bonds. The summed E-state index contributed by atoms with van der Waals surface area (Å²) >= 11 is 0. The first kappa shape index (κ1) is 17.7. The van der Waals surface area contributed by atoms with Crippen molar-refractivity contribution in [2.45, 2.75) is 58.4 Å². The van der Waals surface area contributed by atoms with E-state index in [1.54, 1.807) is 5.20 Å². The maximum absolute atomic E-state index is 10.4. The van der Waals surface area contributed by atoms with E-state index < -0.39 is 8.07 Å². The van der Waals surface area contributed by atoms with Crippen LogP contribution in [-0.4, -0.2) is 31.0 Å². The monoisotopic (exact) mass is 342 g/mol. The quantitative estimate of drug-likeness (QED) is 0.787. The van der Waals surface area contributed by atoms with E-state index in [0.717, 1.165) is 19.3 Å². The highest BCUT2D eigenvalue weighted by Crippen LogP contribution is 2.56. The van der Waals surface area contributed by atoms with Crippen molar-refractivity contribution in [3.05, 3.63) is 52.2 Å². The van der Waals surface area contributed by atoms with Gasteiger partial charge >= 0.3 is 0 Å². The lowest BCUT2D eigenvalue weighted by Gasteiger charge is -2.41. The van der Waals surface area contributed by atoms with E-state index in [2.05, 4.69) is 56.9 Å². The molecule has 1 aromatic carbocycles. The van der Waals surface area contributed by atoms with Crippen LogP contribution in [0.1, 0.15) is 38.2 Å². The molecule has 0 spiro atoms. The van der Waals surface area contributed by atoms with Crippen LogP contribution in [0.3, 0.4) is 0 Å². The fourth-order valence-corrected chi connectivity index (χ4v) is 6.62. The summed E-state index contributed by atoms with van der Waals surface area (Å²) in [6.07, 6.45) is 3.13. The van der Waals surface area contributed by atoms with Crippen LogP contribution in [-0.2, 0) is 0 Å². The van der Waals surface area contributed by atoms with Crippen LogP contribution in [0.4, 0.5) is 0 Å². The molecule has 0 saturated heterocycles. The second kappa shape index (κ2) is 6.29. The van der Waals surface area contributed by atoms with Gasteiger partial charge < -0.3 is 10.2 Å². The van der Waals surface area contributed by atoms with E-state index >= 15 is 0 Å². The lowest BCUT2D eigenvalue weighted by Crippen LogP contribution is -2.33. The minimum atomic E-state index is -1.52. The number of benzene rings is 1. The van der Waals surface area contributed by atoms with Crippen LogP contribution in [0, 0.1) is 5.41 Å². The van der Waals surface area contributed by atoms with Crippen LogP contribution >= 0.6 is 0 Å². The van der Waals surface area contributed by atoms with Gasteiger partial charge in [-0.1, -0.05) is 67.7 Å². The Morgan fingerprint density at radius 2 is 1.83 bits per heavy atom. The third-order valence-electron chi connectivity index (χ3n) is 5.72. The van der Waals surface area contributed by atoms with E-state index in [1.165, 1.54) is 22.3 Å². The van der Waals surface area contributed by atoms with Gasteiger partial charge in [-0.05, 0) is 47.8 Å². The first-order valence-electron chi connectivity index (χ1n) is 9.07. The van der Waals surface area contributed by atoms with Gasteiger partial charge in [0.25, 0.3) is 0 Å². The van der Waals surface area contributed by atoms with Gasteiger partial charge in [-0.15, -0.1) is 0 Å². The van der Waals surface area contributed by atoms with Crippen LogP contribution in [0.15, 0.2) is 46.7 Å². The molecule has 2 N–H and O–H groups in total. The van der Waals surface area contributed by atoms with Crippen LogP contribution in [0.2, 0.25) is 19.6 Å². The summed E-state index contributed by atoms with van der Waals surface area (Å²) in [5.74, 6) is 0. The number of allylic oxidation sites excluding steroid dienone is 2. The highest BCUT2D eigenvalue weighted by Gasteiger charge is 2.46. The van der Waals surface area contributed by atoms with Crippen molar-refractivity contribution in [1.29, 1.82) is 0 Å². The lowest BCUT2D eigenvalue weighted by molar-refractivity contribution is 0.164. The van der Waals surface area contributed by atoms with Gasteiger partial charge in [0.2, 0.25) is 0 Å². The molecule has 3 rings (SSSR count). The Labute approximate surface area is 146 Å². The van der Waals surface area contributed by atoms with Gasteiger partial charge in [-0.25, -0.2) is 0 Å². The van der Waals surface area contributed by atoms with Crippen molar-refractivity contribution >= 4 is 13.6 Å². The van der Waals surface area contributed by atoms with E-state index in [0.29, 0.717) is 6.42 Å². The van der Waals surface area contributed by atoms with Crippen molar-refractivity contribution in [2.75, 3.05) is 6.61 Å². The topological polar surface area (TPSA) is 40.5 Å². The van der Waals surface area contributed by atoms with Gasteiger partial charge in [0.05, 0.1) is 14.2 Å². The van der Waals surface area contributed by atoms with E-state index in [4.69, 9.17) is 0 Å². The second-order valence-corrected chi connectivity index (χ2v) is 13.8. The Bertz CT molecular complexity index is 682. The molecule has 1 saturated carbocycles. The average Bonchev–Trinajstić information content (AvgIpc) is 2.81. The molecule has 2 aliphatic carbocycles. The molecule has 1 aromatic rings. The first-order valence-corrected chi connectivity index (χ1v) is 12.6. The summed E-state index contributed by atoms with van der Waals surface area (Å²) in [7, 11) is -1.52. The summed E-state index contributed by atoms with van der Waals surface area (Å²) in [6.45, 7) is 9.74. The summed E-state index contributed by atoms with van der Waals surface area (Å²) in [5.41, 5.74) is 5.42. The summed E-state index contributed by atoms with van der Waals surface area (Å²) in [4.78, 5) is 0. The predicted molar refractivity (Wildman–Crippen MR) is 103 cm³/mol.